The van der Waals surface area contributed by atoms with Gasteiger partial charge < -0.3 is 18.8 Å². The molecule has 0 fully saturated rings. The third kappa shape index (κ3) is 6.47. The Balaban J connectivity index is 1.93. The van der Waals surface area contributed by atoms with Crippen LogP contribution in [0.2, 0.25) is 0 Å². The number of carbonyl (C=O) groups excluding carboxylic acids is 1. The predicted octanol–water partition coefficient (Wildman–Crippen LogP) is 2.99. The molecule has 0 aliphatic carbocycles. The smallest absolute Gasteiger partial charge is 0.279 e. The first-order valence-electron chi connectivity index (χ1n) is 11.5. The molecular formula is C25H33N3O6S2. The zero-order valence-electron chi connectivity index (χ0n) is 21.3. The topological polar surface area (TPSA) is 99.4 Å². The number of rotatable bonds is 12. The van der Waals surface area contributed by atoms with Gasteiger partial charge in [-0.25, -0.2) is 8.42 Å². The van der Waals surface area contributed by atoms with E-state index in [0.717, 1.165) is 15.8 Å². The lowest BCUT2D eigenvalue weighted by Crippen LogP contribution is -2.36. The molecule has 196 valence electrons. The Morgan fingerprint density at radius 2 is 1.53 bits per heavy atom. The molecule has 0 aliphatic rings. The summed E-state index contributed by atoms with van der Waals surface area (Å²) in [5, 5.41) is 0. The Hall–Kier alpha value is -2.41. The molecule has 9 nitrogen and oxygen atoms in total. The van der Waals surface area contributed by atoms with E-state index in [9.17, 15) is 13.2 Å². The molecule has 3 rings (SSSR count). The first-order chi connectivity index (χ1) is 17.2. The van der Waals surface area contributed by atoms with Gasteiger partial charge >= 0.3 is 0 Å². The number of carbonyl (C=O) groups is 1. The van der Waals surface area contributed by atoms with Gasteiger partial charge in [0.25, 0.3) is 5.91 Å². The second kappa shape index (κ2) is 12.7. The van der Waals surface area contributed by atoms with E-state index >= 15 is 0 Å². The first kappa shape index (κ1) is 28.2. The monoisotopic (exact) mass is 535 g/mol. The van der Waals surface area contributed by atoms with Crippen molar-refractivity contribution in [1.29, 1.82) is 0 Å². The Bertz CT molecular complexity index is 1350. The van der Waals surface area contributed by atoms with Gasteiger partial charge in [-0.05, 0) is 61.4 Å². The Morgan fingerprint density at radius 1 is 0.944 bits per heavy atom. The summed E-state index contributed by atoms with van der Waals surface area (Å²) in [6, 6.07) is 10.0. The molecule has 0 saturated carbocycles. The highest BCUT2D eigenvalue weighted by atomic mass is 32.2. The Labute approximate surface area is 216 Å². The van der Waals surface area contributed by atoms with E-state index < -0.39 is 15.9 Å². The molecule has 3 aromatic rings. The minimum atomic E-state index is -3.77. The van der Waals surface area contributed by atoms with Crippen LogP contribution in [-0.4, -0.2) is 77.4 Å². The van der Waals surface area contributed by atoms with Crippen LogP contribution in [0.4, 0.5) is 0 Å². The van der Waals surface area contributed by atoms with Crippen molar-refractivity contribution < 1.29 is 27.4 Å². The summed E-state index contributed by atoms with van der Waals surface area (Å²) in [6.07, 6.45) is 0. The third-order valence-electron chi connectivity index (χ3n) is 5.84. The summed E-state index contributed by atoms with van der Waals surface area (Å²) >= 11 is 1.44. The van der Waals surface area contributed by atoms with Crippen molar-refractivity contribution >= 4 is 37.5 Å². The van der Waals surface area contributed by atoms with E-state index in [4.69, 9.17) is 14.2 Å². The van der Waals surface area contributed by atoms with Gasteiger partial charge in [0.05, 0.1) is 34.9 Å². The molecule has 1 aromatic heterocycles. The zero-order valence-corrected chi connectivity index (χ0v) is 22.9. The first-order valence-corrected chi connectivity index (χ1v) is 13.7. The third-order valence-corrected chi connectivity index (χ3v) is 8.80. The van der Waals surface area contributed by atoms with Crippen LogP contribution in [0, 0.1) is 13.8 Å². The van der Waals surface area contributed by atoms with Crippen LogP contribution in [0.25, 0.3) is 10.2 Å². The van der Waals surface area contributed by atoms with Crippen molar-refractivity contribution in [3.05, 3.63) is 57.9 Å². The Morgan fingerprint density at radius 3 is 2.11 bits per heavy atom. The van der Waals surface area contributed by atoms with Gasteiger partial charge in [0.1, 0.15) is 0 Å². The van der Waals surface area contributed by atoms with Crippen LogP contribution >= 0.6 is 11.3 Å². The van der Waals surface area contributed by atoms with Gasteiger partial charge in [-0.1, -0.05) is 11.3 Å². The predicted molar refractivity (Wildman–Crippen MR) is 140 cm³/mol. The van der Waals surface area contributed by atoms with Gasteiger partial charge in [-0.2, -0.15) is 9.30 Å². The number of aryl methyl sites for hydroxylation is 2. The molecule has 0 unspecified atom stereocenters. The largest absolute Gasteiger partial charge is 0.383 e. The minimum Gasteiger partial charge on any atom is -0.383 e. The van der Waals surface area contributed by atoms with Crippen molar-refractivity contribution in [3.8, 4) is 0 Å². The summed E-state index contributed by atoms with van der Waals surface area (Å²) in [5.41, 5.74) is 3.63. The fourth-order valence-electron chi connectivity index (χ4n) is 3.61. The summed E-state index contributed by atoms with van der Waals surface area (Å²) in [4.78, 5) is 18.1. The van der Waals surface area contributed by atoms with Crippen molar-refractivity contribution in [2.45, 2.75) is 25.3 Å². The van der Waals surface area contributed by atoms with Gasteiger partial charge in [0, 0.05) is 46.5 Å². The number of methoxy groups -OCH3 is 3. The highest BCUT2D eigenvalue weighted by Crippen LogP contribution is 2.22. The maximum absolute atomic E-state index is 13.1. The van der Waals surface area contributed by atoms with Crippen LogP contribution in [0.15, 0.2) is 46.3 Å². The second-order valence-electron chi connectivity index (χ2n) is 8.26. The quantitative estimate of drug-likeness (QED) is 0.354. The number of aromatic nitrogens is 1. The lowest BCUT2D eigenvalue weighted by molar-refractivity contribution is 0.0997. The number of hydrogen-bond donors (Lipinski definition) is 0. The summed E-state index contributed by atoms with van der Waals surface area (Å²) < 4.78 is 45.9. The average Bonchev–Trinajstić information content (AvgIpc) is 3.18. The molecule has 1 amide bonds. The number of fused-ring (bicyclic) bond motifs is 1. The maximum Gasteiger partial charge on any atom is 0.279 e. The van der Waals surface area contributed by atoms with Crippen LogP contribution in [0.1, 0.15) is 21.5 Å². The Kier molecular flexibility index (Phi) is 9.94. The number of thiazole rings is 1. The highest BCUT2D eigenvalue weighted by Gasteiger charge is 2.24. The van der Waals surface area contributed by atoms with Crippen molar-refractivity contribution in [3.63, 3.8) is 0 Å². The minimum absolute atomic E-state index is 0.0919. The highest BCUT2D eigenvalue weighted by molar-refractivity contribution is 7.89. The molecule has 36 heavy (non-hydrogen) atoms. The van der Waals surface area contributed by atoms with Crippen LogP contribution in [-0.2, 0) is 30.8 Å². The van der Waals surface area contributed by atoms with Gasteiger partial charge in [-0.15, -0.1) is 0 Å². The molecule has 11 heteroatoms. The molecule has 2 aromatic carbocycles. The number of sulfonamides is 1. The molecule has 0 spiro atoms. The summed E-state index contributed by atoms with van der Waals surface area (Å²) in [6.45, 7) is 6.06. The lowest BCUT2D eigenvalue weighted by Gasteiger charge is -2.21. The molecule has 0 atom stereocenters. The van der Waals surface area contributed by atoms with Gasteiger partial charge in [-0.3, -0.25) is 4.79 Å². The molecule has 0 radical (unpaired) electrons. The fraction of sp³-hybridized carbons (Fsp3) is 0.440. The zero-order chi connectivity index (χ0) is 26.3. The number of nitrogens with zero attached hydrogens (tertiary/aromatic N) is 3. The number of benzene rings is 2. The average molecular weight is 536 g/mol. The normalized spacial score (nSPS) is 12.7. The molecule has 0 bridgehead atoms. The summed E-state index contributed by atoms with van der Waals surface area (Å²) in [5.74, 6) is -0.444. The van der Waals surface area contributed by atoms with E-state index in [2.05, 4.69) is 31.0 Å². The number of ether oxygens (including phenoxy) is 3. The second-order valence-corrected chi connectivity index (χ2v) is 11.2. The van der Waals surface area contributed by atoms with Gasteiger partial charge in [0.15, 0.2) is 4.80 Å². The van der Waals surface area contributed by atoms with Gasteiger partial charge in [0.2, 0.25) is 10.0 Å². The molecule has 0 N–H and O–H groups in total. The van der Waals surface area contributed by atoms with E-state index in [1.54, 1.807) is 7.11 Å². The number of hydrogen-bond acceptors (Lipinski definition) is 7. The maximum atomic E-state index is 13.1. The molecule has 0 aliphatic heterocycles. The number of amides is 1. The van der Waals surface area contributed by atoms with Crippen LogP contribution in [0.3, 0.4) is 0 Å². The van der Waals surface area contributed by atoms with E-state index in [1.807, 2.05) is 4.57 Å². The lowest BCUT2D eigenvalue weighted by atomic mass is 10.1. The standard InChI is InChI=1S/C25H33N3O6S2/c1-18-16-22-23(17-19(18)2)35-25(28(22)12-15-34-5)26-24(29)20-6-8-21(9-7-20)36(30,31)27(10-13-32-3)11-14-33-4/h6-9,16-17H,10-15H2,1-5H3. The SMILES string of the molecule is COCCN(CCOC)S(=O)(=O)c1ccc(C(=O)N=c2sc3cc(C)c(C)cc3n2CCOC)cc1. The van der Waals surface area contributed by atoms with Crippen molar-refractivity contribution in [1.82, 2.24) is 8.87 Å². The van der Waals surface area contributed by atoms with Crippen LogP contribution in [0.5, 0.6) is 0 Å². The molecular weight excluding hydrogens is 502 g/mol. The molecule has 0 saturated heterocycles. The van der Waals surface area contributed by atoms with E-state index in [1.165, 1.54) is 59.7 Å². The van der Waals surface area contributed by atoms with Crippen molar-refractivity contribution in [2.75, 3.05) is 54.2 Å². The molecule has 1 heterocycles. The van der Waals surface area contributed by atoms with E-state index in [0.29, 0.717) is 23.5 Å². The van der Waals surface area contributed by atoms with E-state index in [-0.39, 0.29) is 31.2 Å². The van der Waals surface area contributed by atoms with Crippen LogP contribution < -0.4 is 4.80 Å². The fourth-order valence-corrected chi connectivity index (χ4v) is 6.16. The van der Waals surface area contributed by atoms with Crippen molar-refractivity contribution in [2.24, 2.45) is 4.99 Å². The summed E-state index contributed by atoms with van der Waals surface area (Å²) in [7, 11) is 0.892.